The number of nitrogens with zero attached hydrogens (tertiary/aromatic N) is 2. The van der Waals surface area contributed by atoms with Crippen LogP contribution in [-0.2, 0) is 32.6 Å². The molecule has 3 aromatic rings. The number of likely N-dealkylation sites (N-methyl/N-ethyl adjacent to an activating group) is 1. The van der Waals surface area contributed by atoms with E-state index in [4.69, 9.17) is 0 Å². The molecular weight excluding hydrogens is 542 g/mol. The number of aryl methyl sites for hydroxylation is 1. The lowest BCUT2D eigenvalue weighted by atomic mass is 10.0. The Bertz CT molecular complexity index is 1320. The monoisotopic (exact) mass is 571 g/mol. The molecule has 9 heteroatoms. The summed E-state index contributed by atoms with van der Waals surface area (Å²) in [7, 11) is -2.28. The van der Waals surface area contributed by atoms with Gasteiger partial charge in [-0.3, -0.25) is 13.9 Å². The van der Waals surface area contributed by atoms with Gasteiger partial charge < -0.3 is 10.2 Å². The van der Waals surface area contributed by atoms with Gasteiger partial charge in [0.2, 0.25) is 21.8 Å². The van der Waals surface area contributed by atoms with Crippen LogP contribution >= 0.6 is 15.9 Å². The van der Waals surface area contributed by atoms with Crippen molar-refractivity contribution in [1.82, 2.24) is 10.2 Å². The van der Waals surface area contributed by atoms with Crippen LogP contribution in [0.3, 0.4) is 0 Å². The van der Waals surface area contributed by atoms with Crippen LogP contribution in [0.25, 0.3) is 0 Å². The summed E-state index contributed by atoms with van der Waals surface area (Å²) in [6.45, 7) is 1.66. The Kier molecular flexibility index (Phi) is 9.28. The Hall–Kier alpha value is -3.17. The van der Waals surface area contributed by atoms with Crippen LogP contribution < -0.4 is 9.62 Å². The van der Waals surface area contributed by atoms with E-state index in [9.17, 15) is 18.0 Å². The van der Waals surface area contributed by atoms with E-state index in [1.165, 1.54) is 11.9 Å². The first-order valence-electron chi connectivity index (χ1n) is 11.4. The van der Waals surface area contributed by atoms with Crippen molar-refractivity contribution in [3.8, 4) is 0 Å². The Morgan fingerprint density at radius 1 is 0.944 bits per heavy atom. The van der Waals surface area contributed by atoms with E-state index in [0.29, 0.717) is 10.2 Å². The van der Waals surface area contributed by atoms with Crippen molar-refractivity contribution in [3.05, 3.63) is 100 Å². The molecule has 7 nitrogen and oxygen atoms in total. The fourth-order valence-corrected chi connectivity index (χ4v) is 5.45. The van der Waals surface area contributed by atoms with Crippen molar-refractivity contribution in [2.75, 3.05) is 24.2 Å². The Morgan fingerprint density at radius 2 is 1.58 bits per heavy atom. The average molecular weight is 573 g/mol. The second-order valence-electron chi connectivity index (χ2n) is 8.55. The van der Waals surface area contributed by atoms with E-state index in [-0.39, 0.29) is 18.9 Å². The lowest BCUT2D eigenvalue weighted by molar-refractivity contribution is -0.139. The van der Waals surface area contributed by atoms with Crippen LogP contribution in [0.15, 0.2) is 83.3 Å². The Balaban J connectivity index is 2.04. The highest BCUT2D eigenvalue weighted by Gasteiger charge is 2.33. The number of nitrogens with one attached hydrogen (secondary N) is 1. The van der Waals surface area contributed by atoms with Gasteiger partial charge in [0, 0.05) is 24.5 Å². The molecule has 0 saturated carbocycles. The molecule has 0 aliphatic carbocycles. The molecule has 0 saturated heterocycles. The van der Waals surface area contributed by atoms with Crippen molar-refractivity contribution in [2.24, 2.45) is 0 Å². The van der Waals surface area contributed by atoms with Crippen molar-refractivity contribution in [2.45, 2.75) is 25.9 Å². The lowest BCUT2D eigenvalue weighted by Crippen LogP contribution is -2.52. The molecule has 0 radical (unpaired) electrons. The number of carbonyl (C=O) groups is 2. The van der Waals surface area contributed by atoms with Gasteiger partial charge >= 0.3 is 0 Å². The molecule has 0 aromatic heterocycles. The predicted octanol–water partition coefficient (Wildman–Crippen LogP) is 3.91. The van der Waals surface area contributed by atoms with Gasteiger partial charge in [-0.25, -0.2) is 8.42 Å². The normalized spacial score (nSPS) is 12.0. The molecule has 190 valence electrons. The minimum atomic E-state index is -3.80. The van der Waals surface area contributed by atoms with Crippen LogP contribution in [-0.4, -0.2) is 51.0 Å². The zero-order valence-corrected chi connectivity index (χ0v) is 22.9. The quantitative estimate of drug-likeness (QED) is 0.399. The van der Waals surface area contributed by atoms with Gasteiger partial charge in [-0.15, -0.1) is 0 Å². The summed E-state index contributed by atoms with van der Waals surface area (Å²) in [6.07, 6.45) is 1.34. The summed E-state index contributed by atoms with van der Waals surface area (Å²) in [5.74, 6) is -0.811. The largest absolute Gasteiger partial charge is 0.357 e. The van der Waals surface area contributed by atoms with E-state index in [2.05, 4.69) is 21.2 Å². The summed E-state index contributed by atoms with van der Waals surface area (Å²) in [4.78, 5) is 28.4. The number of halogens is 1. The number of sulfonamides is 1. The predicted molar refractivity (Wildman–Crippen MR) is 146 cm³/mol. The van der Waals surface area contributed by atoms with E-state index in [0.717, 1.165) is 27.3 Å². The third kappa shape index (κ3) is 7.18. The van der Waals surface area contributed by atoms with Gasteiger partial charge in [0.25, 0.3) is 0 Å². The fourth-order valence-electron chi connectivity index (χ4n) is 3.98. The van der Waals surface area contributed by atoms with E-state index >= 15 is 0 Å². The van der Waals surface area contributed by atoms with Crippen LogP contribution in [0.1, 0.15) is 16.7 Å². The Morgan fingerprint density at radius 3 is 2.19 bits per heavy atom. The van der Waals surface area contributed by atoms with E-state index < -0.39 is 28.5 Å². The highest BCUT2D eigenvalue weighted by atomic mass is 79.9. The molecule has 0 aliphatic rings. The summed E-state index contributed by atoms with van der Waals surface area (Å²) >= 11 is 3.39. The maximum atomic E-state index is 13.9. The van der Waals surface area contributed by atoms with Gasteiger partial charge in [0.1, 0.15) is 12.6 Å². The van der Waals surface area contributed by atoms with Gasteiger partial charge in [0.15, 0.2) is 0 Å². The smallest absolute Gasteiger partial charge is 0.244 e. The SMILES string of the molecule is CNC(=O)[C@@H](Cc1ccccc1)N(Cc1cccc(C)c1)C(=O)CN(c1ccccc1Br)S(C)(=O)=O. The number of amides is 2. The number of hydrogen-bond donors (Lipinski definition) is 1. The maximum absolute atomic E-state index is 13.9. The number of para-hydroxylation sites is 1. The first kappa shape index (κ1) is 27.4. The van der Waals surface area contributed by atoms with Crippen molar-refractivity contribution >= 4 is 43.5 Å². The number of rotatable bonds is 10. The van der Waals surface area contributed by atoms with E-state index in [1.54, 1.807) is 24.3 Å². The molecule has 3 aromatic carbocycles. The first-order valence-corrected chi connectivity index (χ1v) is 14.1. The van der Waals surface area contributed by atoms with Crippen LogP contribution in [0.5, 0.6) is 0 Å². The minimum Gasteiger partial charge on any atom is -0.357 e. The van der Waals surface area contributed by atoms with Gasteiger partial charge in [-0.2, -0.15) is 0 Å². The first-order chi connectivity index (χ1) is 17.1. The van der Waals surface area contributed by atoms with Crippen LogP contribution in [0, 0.1) is 6.92 Å². The fraction of sp³-hybridized carbons (Fsp3) is 0.259. The topological polar surface area (TPSA) is 86.8 Å². The standard InChI is InChI=1S/C27H30BrN3O4S/c1-20-10-9-13-22(16-20)18-30(25(27(33)29-2)17-21-11-5-4-6-12-21)26(32)19-31(36(3,34)35)24-15-8-7-14-23(24)28/h4-16,25H,17-19H2,1-3H3,(H,29,33)/t25-/m1/s1. The molecule has 3 rings (SSSR count). The Labute approximate surface area is 221 Å². The van der Waals surface area contributed by atoms with Crippen LogP contribution in [0.4, 0.5) is 5.69 Å². The van der Waals surface area contributed by atoms with Crippen molar-refractivity contribution in [3.63, 3.8) is 0 Å². The highest BCUT2D eigenvalue weighted by molar-refractivity contribution is 9.10. The molecule has 1 N–H and O–H groups in total. The number of carbonyl (C=O) groups excluding carboxylic acids is 2. The molecule has 0 bridgehead atoms. The summed E-state index contributed by atoms with van der Waals surface area (Å²) in [5.41, 5.74) is 3.10. The summed E-state index contributed by atoms with van der Waals surface area (Å²) in [5, 5.41) is 2.67. The molecule has 2 amide bonds. The number of hydrogen-bond acceptors (Lipinski definition) is 4. The second kappa shape index (κ2) is 12.2. The van der Waals surface area contributed by atoms with Crippen molar-refractivity contribution in [1.29, 1.82) is 0 Å². The molecule has 1 atom stereocenters. The van der Waals surface area contributed by atoms with Gasteiger partial charge in [-0.05, 0) is 46.1 Å². The minimum absolute atomic E-state index is 0.152. The highest BCUT2D eigenvalue weighted by Crippen LogP contribution is 2.28. The maximum Gasteiger partial charge on any atom is 0.244 e. The molecule has 0 aliphatic heterocycles. The summed E-state index contributed by atoms with van der Waals surface area (Å²) < 4.78 is 27.1. The second-order valence-corrected chi connectivity index (χ2v) is 11.3. The molecular formula is C27H30BrN3O4S. The zero-order valence-electron chi connectivity index (χ0n) is 20.5. The summed E-state index contributed by atoms with van der Waals surface area (Å²) in [6, 6.07) is 23.1. The van der Waals surface area contributed by atoms with Crippen molar-refractivity contribution < 1.29 is 18.0 Å². The lowest BCUT2D eigenvalue weighted by Gasteiger charge is -2.33. The number of benzene rings is 3. The average Bonchev–Trinajstić information content (AvgIpc) is 2.84. The molecule has 0 unspecified atom stereocenters. The van der Waals surface area contributed by atoms with Gasteiger partial charge in [0.05, 0.1) is 11.9 Å². The van der Waals surface area contributed by atoms with E-state index in [1.807, 2.05) is 61.5 Å². The molecule has 0 fully saturated rings. The molecule has 0 spiro atoms. The van der Waals surface area contributed by atoms with Crippen LogP contribution in [0.2, 0.25) is 0 Å². The number of anilines is 1. The third-order valence-corrected chi connectivity index (χ3v) is 7.55. The zero-order chi connectivity index (χ0) is 26.3. The van der Waals surface area contributed by atoms with Gasteiger partial charge in [-0.1, -0.05) is 72.3 Å². The molecule has 0 heterocycles. The third-order valence-electron chi connectivity index (χ3n) is 5.75. The molecule has 36 heavy (non-hydrogen) atoms.